The summed E-state index contributed by atoms with van der Waals surface area (Å²) in [4.78, 5) is 3.46. The molecule has 1 heterocycles. The van der Waals surface area contributed by atoms with Gasteiger partial charge in [-0.05, 0) is 48.6 Å². The fraction of sp³-hybridized carbons (Fsp3) is 0.444. The smallest absolute Gasteiger partial charge is 0.138 e. The van der Waals surface area contributed by atoms with Crippen molar-refractivity contribution in [2.45, 2.75) is 26.2 Å². The molecule has 1 aromatic heterocycles. The van der Waals surface area contributed by atoms with Crippen LogP contribution < -0.4 is 4.74 Å². The Bertz CT molecular complexity index is 597. The molecular weight excluding hydrogens is 218 g/mol. The average molecular weight is 242 g/mol. The van der Waals surface area contributed by atoms with Crippen LogP contribution in [0.1, 0.15) is 37.0 Å². The summed E-state index contributed by atoms with van der Waals surface area (Å²) in [5, 5.41) is 0. The zero-order chi connectivity index (χ0) is 19.3. The summed E-state index contributed by atoms with van der Waals surface area (Å²) >= 11 is 2.80. The van der Waals surface area contributed by atoms with Crippen LogP contribution in [-0.2, 0) is 0 Å². The minimum absolute atomic E-state index is 0.230. The molecule has 0 aliphatic carbocycles. The minimum atomic E-state index is -3.69. The Labute approximate surface area is 98.0 Å². The molecule has 0 spiro atoms. The maximum atomic E-state index is 7.72. The van der Waals surface area contributed by atoms with Crippen molar-refractivity contribution in [3.63, 3.8) is 0 Å². The van der Waals surface area contributed by atoms with E-state index in [2.05, 4.69) is 20.9 Å². The second-order valence-electron chi connectivity index (χ2n) is 1.88. The monoisotopic (exact) mass is 241 g/mol. The van der Waals surface area contributed by atoms with E-state index < -0.39 is 50.2 Å². The summed E-state index contributed by atoms with van der Waals surface area (Å²) < 4.78 is 94.3. The lowest BCUT2D eigenvalue weighted by molar-refractivity contribution is 0.130. The SMILES string of the molecule is [2H]c1nc(Br)c([2H])c([2H])c1OC(C([2H])([2H])[2H])(C([2H])([2H])[2H])C([2H])([2H])[2H]. The number of nitrogens with zero attached hydrogens (tertiary/aromatic N) is 1. The zero-order valence-electron chi connectivity index (χ0n) is 17.7. The van der Waals surface area contributed by atoms with Gasteiger partial charge in [0.05, 0.1) is 10.3 Å². The molecule has 0 fully saturated rings. The highest BCUT2D eigenvalue weighted by Gasteiger charge is 2.11. The van der Waals surface area contributed by atoms with Crippen molar-refractivity contribution in [2.75, 3.05) is 0 Å². The lowest BCUT2D eigenvalue weighted by Gasteiger charge is -2.20. The standard InChI is InChI=1S/C9H12BrNO/c1-9(2,3)12-7-4-5-8(10)11-6-7/h4-6H,1-3H3/i1D3,2D3,3D3,4D,5D,6D. The molecule has 1 rings (SSSR count). The molecule has 0 saturated heterocycles. The molecule has 0 N–H and O–H groups in total. The molecule has 2 nitrogen and oxygen atoms in total. The van der Waals surface area contributed by atoms with Crippen LogP contribution in [0.3, 0.4) is 0 Å². The summed E-state index contributed by atoms with van der Waals surface area (Å²) in [5.41, 5.74) is -3.69. The molecular formula is C9H12BrNO. The van der Waals surface area contributed by atoms with E-state index in [-0.39, 0.29) is 4.60 Å². The molecule has 12 heavy (non-hydrogen) atoms. The molecule has 0 aromatic carbocycles. The maximum Gasteiger partial charge on any atom is 0.138 e. The van der Waals surface area contributed by atoms with E-state index in [1.807, 2.05) is 0 Å². The largest absolute Gasteiger partial charge is 0.487 e. The quantitative estimate of drug-likeness (QED) is 0.706. The number of hydrogen-bond donors (Lipinski definition) is 0. The third-order valence-corrected chi connectivity index (χ3v) is 1.17. The molecule has 0 aliphatic rings. The third-order valence-electron chi connectivity index (χ3n) is 0.790. The lowest BCUT2D eigenvalue weighted by atomic mass is 10.2. The summed E-state index contributed by atoms with van der Waals surface area (Å²) in [6.45, 7) is -11.0. The van der Waals surface area contributed by atoms with E-state index >= 15 is 0 Å². The van der Waals surface area contributed by atoms with E-state index in [1.165, 1.54) is 0 Å². The second-order valence-corrected chi connectivity index (χ2v) is 2.63. The molecule has 0 amide bonds. The van der Waals surface area contributed by atoms with Crippen molar-refractivity contribution in [1.29, 1.82) is 0 Å². The number of rotatable bonds is 1. The predicted molar refractivity (Wildman–Crippen MR) is 52.3 cm³/mol. The van der Waals surface area contributed by atoms with Crippen molar-refractivity contribution in [1.82, 2.24) is 4.98 Å². The predicted octanol–water partition coefficient (Wildman–Crippen LogP) is 3.02. The van der Waals surface area contributed by atoms with Gasteiger partial charge in [0, 0.05) is 12.3 Å². The molecule has 0 aliphatic heterocycles. The van der Waals surface area contributed by atoms with Gasteiger partial charge >= 0.3 is 0 Å². The Morgan fingerprint density at radius 3 is 3.00 bits per heavy atom. The number of ether oxygens (including phenoxy) is 1. The third kappa shape index (κ3) is 3.22. The lowest BCUT2D eigenvalue weighted by Crippen LogP contribution is -2.22. The normalized spacial score (nSPS) is 29.1. The second kappa shape index (κ2) is 3.44. The van der Waals surface area contributed by atoms with Gasteiger partial charge in [-0.1, -0.05) is 0 Å². The van der Waals surface area contributed by atoms with Gasteiger partial charge in [0.1, 0.15) is 16.0 Å². The first kappa shape index (κ1) is 2.27. The van der Waals surface area contributed by atoms with Gasteiger partial charge in [0.2, 0.25) is 0 Å². The van der Waals surface area contributed by atoms with Crippen LogP contribution >= 0.6 is 15.9 Å². The van der Waals surface area contributed by atoms with Gasteiger partial charge in [-0.3, -0.25) is 0 Å². The van der Waals surface area contributed by atoms with Crippen LogP contribution in [0.25, 0.3) is 0 Å². The van der Waals surface area contributed by atoms with E-state index in [0.717, 1.165) is 0 Å². The Morgan fingerprint density at radius 1 is 1.58 bits per heavy atom. The zero-order valence-corrected chi connectivity index (χ0v) is 7.32. The Balaban J connectivity index is 3.77. The van der Waals surface area contributed by atoms with Crippen molar-refractivity contribution in [3.05, 3.63) is 22.9 Å². The number of halogens is 1. The fourth-order valence-electron chi connectivity index (χ4n) is 0.466. The van der Waals surface area contributed by atoms with Crippen LogP contribution in [0.15, 0.2) is 22.9 Å². The van der Waals surface area contributed by atoms with Crippen molar-refractivity contribution >= 4 is 15.9 Å². The number of hydrogen-bond acceptors (Lipinski definition) is 2. The average Bonchev–Trinajstić information content (AvgIpc) is 2.31. The molecule has 0 saturated carbocycles. The summed E-state index contributed by atoms with van der Waals surface area (Å²) in [5.74, 6) is -1.01. The first-order valence-corrected chi connectivity index (χ1v) is 3.59. The molecule has 0 unspecified atom stereocenters. The number of aromatic nitrogens is 1. The Morgan fingerprint density at radius 2 is 2.33 bits per heavy atom. The number of pyridine rings is 1. The maximum absolute atomic E-state index is 7.72. The molecule has 66 valence electrons. The van der Waals surface area contributed by atoms with E-state index in [1.54, 1.807) is 0 Å². The van der Waals surface area contributed by atoms with Crippen LogP contribution in [0.5, 0.6) is 5.75 Å². The highest BCUT2D eigenvalue weighted by molar-refractivity contribution is 9.10. The van der Waals surface area contributed by atoms with E-state index in [0.29, 0.717) is 0 Å². The highest BCUT2D eigenvalue weighted by Crippen LogP contribution is 2.18. The summed E-state index contributed by atoms with van der Waals surface area (Å²) in [6, 6.07) is -1.47. The fourth-order valence-corrected chi connectivity index (χ4v) is 0.653. The van der Waals surface area contributed by atoms with Gasteiger partial charge < -0.3 is 4.74 Å². The van der Waals surface area contributed by atoms with Crippen molar-refractivity contribution in [2.24, 2.45) is 0 Å². The molecule has 0 radical (unpaired) electrons. The highest BCUT2D eigenvalue weighted by atomic mass is 79.9. The first-order valence-electron chi connectivity index (χ1n) is 8.79. The summed E-state index contributed by atoms with van der Waals surface area (Å²) in [6.07, 6.45) is -0.870. The van der Waals surface area contributed by atoms with Crippen molar-refractivity contribution in [3.8, 4) is 5.75 Å². The van der Waals surface area contributed by atoms with Crippen LogP contribution in [-0.4, -0.2) is 10.6 Å². The molecule has 3 heteroatoms. The van der Waals surface area contributed by atoms with Gasteiger partial charge in [0.15, 0.2) is 0 Å². The molecule has 1 aromatic rings. The van der Waals surface area contributed by atoms with Crippen molar-refractivity contribution < 1.29 is 21.2 Å². The van der Waals surface area contributed by atoms with Gasteiger partial charge in [0.25, 0.3) is 0 Å². The molecule has 0 bridgehead atoms. The minimum Gasteiger partial charge on any atom is -0.487 e. The van der Waals surface area contributed by atoms with Gasteiger partial charge in [-0.2, -0.15) is 0 Å². The van der Waals surface area contributed by atoms with Gasteiger partial charge in [-0.15, -0.1) is 0 Å². The topological polar surface area (TPSA) is 22.1 Å². The van der Waals surface area contributed by atoms with E-state index in [4.69, 9.17) is 21.2 Å². The van der Waals surface area contributed by atoms with Gasteiger partial charge in [-0.25, -0.2) is 4.98 Å². The van der Waals surface area contributed by atoms with Crippen LogP contribution in [0.2, 0.25) is 0 Å². The van der Waals surface area contributed by atoms with Crippen LogP contribution in [0, 0.1) is 0 Å². The van der Waals surface area contributed by atoms with Crippen LogP contribution in [0.4, 0.5) is 0 Å². The first-order chi connectivity index (χ1) is 10.5. The Hall–Kier alpha value is -0.570. The Kier molecular flexibility index (Phi) is 0.649. The summed E-state index contributed by atoms with van der Waals surface area (Å²) in [7, 11) is 0. The van der Waals surface area contributed by atoms with E-state index in [9.17, 15) is 0 Å². The molecule has 0 atom stereocenters.